The summed E-state index contributed by atoms with van der Waals surface area (Å²) in [6, 6.07) is 0. The fourth-order valence-electron chi connectivity index (χ4n) is 0.488. The molecule has 5 nitrogen and oxygen atoms in total. The van der Waals surface area contributed by atoms with Gasteiger partial charge in [0.25, 0.3) is 0 Å². The maximum atomic E-state index is 10.7. The van der Waals surface area contributed by atoms with E-state index in [9.17, 15) is 14.4 Å². The summed E-state index contributed by atoms with van der Waals surface area (Å²) < 4.78 is 0. The fourth-order valence-corrected chi connectivity index (χ4v) is 0.488. The highest BCUT2D eigenvalue weighted by Gasteiger charge is 2.05. The van der Waals surface area contributed by atoms with E-state index in [-0.39, 0.29) is 12.8 Å². The molecule has 0 aromatic rings. The Labute approximate surface area is 69.6 Å². The van der Waals surface area contributed by atoms with Gasteiger partial charge in [0.15, 0.2) is 0 Å². The Morgan fingerprint density at radius 2 is 1.92 bits per heavy atom. The maximum absolute atomic E-state index is 10.7. The lowest BCUT2D eigenvalue weighted by molar-refractivity contribution is -0.129. The molecule has 3 amide bonds. The number of amides is 3. The molecule has 0 heterocycles. The van der Waals surface area contributed by atoms with Crippen LogP contribution in [0.5, 0.6) is 0 Å². The quantitative estimate of drug-likeness (QED) is 0.535. The van der Waals surface area contributed by atoms with Gasteiger partial charge in [0.2, 0.25) is 17.7 Å². The Bertz CT molecular complexity index is 223. The molecule has 3 N–H and O–H groups in total. The van der Waals surface area contributed by atoms with Gasteiger partial charge in [-0.25, -0.2) is 0 Å². The van der Waals surface area contributed by atoms with Crippen LogP contribution in [0, 0.1) is 0 Å². The second-order valence-corrected chi connectivity index (χ2v) is 2.08. The monoisotopic (exact) mass is 170 g/mol. The van der Waals surface area contributed by atoms with Crippen LogP contribution in [-0.4, -0.2) is 17.7 Å². The molecule has 0 bridgehead atoms. The largest absolute Gasteiger partial charge is 0.370 e. The van der Waals surface area contributed by atoms with Crippen molar-refractivity contribution in [2.24, 2.45) is 5.73 Å². The summed E-state index contributed by atoms with van der Waals surface area (Å²) in [5.74, 6) is -1.68. The molecule has 0 fully saturated rings. The van der Waals surface area contributed by atoms with Gasteiger partial charge in [-0.05, 0) is 6.08 Å². The first-order chi connectivity index (χ1) is 5.56. The Morgan fingerprint density at radius 1 is 1.33 bits per heavy atom. The van der Waals surface area contributed by atoms with Crippen molar-refractivity contribution < 1.29 is 14.4 Å². The molecule has 66 valence electrons. The lowest BCUT2D eigenvalue weighted by atomic mass is 10.3. The minimum absolute atomic E-state index is 0.0593. The molecule has 0 aromatic carbocycles. The number of nitrogens with one attached hydrogen (secondary N) is 1. The Morgan fingerprint density at radius 3 is 2.33 bits per heavy atom. The van der Waals surface area contributed by atoms with Gasteiger partial charge >= 0.3 is 0 Å². The van der Waals surface area contributed by atoms with Gasteiger partial charge in [-0.3, -0.25) is 19.7 Å². The van der Waals surface area contributed by atoms with E-state index in [4.69, 9.17) is 5.73 Å². The predicted octanol–water partition coefficient (Wildman–Crippen LogP) is -0.919. The number of carbonyl (C=O) groups is 3. The summed E-state index contributed by atoms with van der Waals surface area (Å²) in [6.07, 6.45) is 0.841. The van der Waals surface area contributed by atoms with Crippen molar-refractivity contribution >= 4 is 17.7 Å². The molecule has 0 saturated carbocycles. The van der Waals surface area contributed by atoms with Crippen LogP contribution in [0.2, 0.25) is 0 Å². The first-order valence-corrected chi connectivity index (χ1v) is 3.31. The first-order valence-electron chi connectivity index (χ1n) is 3.31. The van der Waals surface area contributed by atoms with E-state index in [2.05, 4.69) is 6.58 Å². The summed E-state index contributed by atoms with van der Waals surface area (Å²) in [5.41, 5.74) is 4.78. The lowest BCUT2D eigenvalue weighted by Gasteiger charge is -1.97. The average molecular weight is 170 g/mol. The predicted molar refractivity (Wildman–Crippen MR) is 41.8 cm³/mol. The van der Waals surface area contributed by atoms with Crippen molar-refractivity contribution in [3.8, 4) is 0 Å². The Balaban J connectivity index is 3.67. The van der Waals surface area contributed by atoms with Gasteiger partial charge < -0.3 is 5.73 Å². The van der Waals surface area contributed by atoms with Crippen LogP contribution in [-0.2, 0) is 14.4 Å². The van der Waals surface area contributed by atoms with Crippen molar-refractivity contribution in [3.63, 3.8) is 0 Å². The summed E-state index contributed by atoms with van der Waals surface area (Å²) in [4.78, 5) is 31.4. The Kier molecular flexibility index (Phi) is 4.36. The van der Waals surface area contributed by atoms with Gasteiger partial charge in [0.05, 0.1) is 0 Å². The number of nitrogens with two attached hydrogens (primary N) is 1. The maximum Gasteiger partial charge on any atom is 0.249 e. The molecule has 0 unspecified atom stereocenters. The number of hydrogen-bond donors (Lipinski definition) is 2. The van der Waals surface area contributed by atoms with Crippen LogP contribution >= 0.6 is 0 Å². The molecule has 0 spiro atoms. The number of carbonyl (C=O) groups excluding carboxylic acids is 3. The third-order valence-corrected chi connectivity index (χ3v) is 1.05. The summed E-state index contributed by atoms with van der Waals surface area (Å²) in [5, 5.41) is 1.98. The van der Waals surface area contributed by atoms with E-state index in [0.717, 1.165) is 6.08 Å². The third-order valence-electron chi connectivity index (χ3n) is 1.05. The number of imide groups is 1. The minimum atomic E-state index is -0.579. The molecule has 0 aliphatic carbocycles. The topological polar surface area (TPSA) is 89.3 Å². The molecule has 12 heavy (non-hydrogen) atoms. The minimum Gasteiger partial charge on any atom is -0.370 e. The summed E-state index contributed by atoms with van der Waals surface area (Å²) >= 11 is 0. The zero-order chi connectivity index (χ0) is 9.56. The summed E-state index contributed by atoms with van der Waals surface area (Å²) in [7, 11) is 0. The third kappa shape index (κ3) is 5.16. The van der Waals surface area contributed by atoms with E-state index in [1.54, 1.807) is 0 Å². The zero-order valence-electron chi connectivity index (χ0n) is 6.50. The molecule has 0 aromatic heterocycles. The SMILES string of the molecule is C=CC(=O)NC(=O)CCC(N)=O. The lowest BCUT2D eigenvalue weighted by Crippen LogP contribution is -2.29. The normalized spacial score (nSPS) is 8.67. The average Bonchev–Trinajstić information content (AvgIpc) is 2.00. The van der Waals surface area contributed by atoms with Crippen LogP contribution in [0.4, 0.5) is 0 Å². The Hall–Kier alpha value is -1.65. The molecular formula is C7H10N2O3. The molecule has 0 aliphatic rings. The van der Waals surface area contributed by atoms with E-state index in [0.29, 0.717) is 0 Å². The number of rotatable bonds is 4. The van der Waals surface area contributed by atoms with E-state index in [1.807, 2.05) is 5.32 Å². The smallest absolute Gasteiger partial charge is 0.249 e. The van der Waals surface area contributed by atoms with Crippen LogP contribution in [0.25, 0.3) is 0 Å². The van der Waals surface area contributed by atoms with Crippen LogP contribution in [0.1, 0.15) is 12.8 Å². The van der Waals surface area contributed by atoms with Gasteiger partial charge in [-0.15, -0.1) is 0 Å². The van der Waals surface area contributed by atoms with Crippen molar-refractivity contribution in [2.75, 3.05) is 0 Å². The molecule has 0 radical (unpaired) electrons. The number of primary amides is 1. The summed E-state index contributed by atoms with van der Waals surface area (Å²) in [6.45, 7) is 3.15. The number of hydrogen-bond acceptors (Lipinski definition) is 3. The van der Waals surface area contributed by atoms with Gasteiger partial charge in [-0.2, -0.15) is 0 Å². The fraction of sp³-hybridized carbons (Fsp3) is 0.286. The van der Waals surface area contributed by atoms with Crippen molar-refractivity contribution in [1.82, 2.24) is 5.32 Å². The molecule has 0 atom stereocenters. The molecule has 5 heteroatoms. The highest BCUT2D eigenvalue weighted by molar-refractivity contribution is 6.01. The molecule has 0 aliphatic heterocycles. The zero-order valence-corrected chi connectivity index (χ0v) is 6.50. The van der Waals surface area contributed by atoms with Crippen molar-refractivity contribution in [1.29, 1.82) is 0 Å². The highest BCUT2D eigenvalue weighted by atomic mass is 16.2. The van der Waals surface area contributed by atoms with E-state index in [1.165, 1.54) is 0 Å². The highest BCUT2D eigenvalue weighted by Crippen LogP contribution is 1.86. The van der Waals surface area contributed by atoms with Crippen molar-refractivity contribution in [3.05, 3.63) is 12.7 Å². The van der Waals surface area contributed by atoms with Crippen molar-refractivity contribution in [2.45, 2.75) is 12.8 Å². The molecular weight excluding hydrogens is 160 g/mol. The van der Waals surface area contributed by atoms with Gasteiger partial charge in [0, 0.05) is 12.8 Å². The van der Waals surface area contributed by atoms with Crippen LogP contribution in [0.3, 0.4) is 0 Å². The molecule has 0 rings (SSSR count). The van der Waals surface area contributed by atoms with E-state index < -0.39 is 17.7 Å². The van der Waals surface area contributed by atoms with E-state index >= 15 is 0 Å². The van der Waals surface area contributed by atoms with Gasteiger partial charge in [-0.1, -0.05) is 6.58 Å². The first kappa shape index (κ1) is 10.3. The van der Waals surface area contributed by atoms with Crippen LogP contribution < -0.4 is 11.1 Å². The standard InChI is InChI=1S/C7H10N2O3/c1-2-6(11)9-7(12)4-3-5(8)10/h2H,1,3-4H2,(H2,8,10)(H,9,11,12). The second kappa shape index (κ2) is 5.06. The molecule has 0 saturated heterocycles. The van der Waals surface area contributed by atoms with Gasteiger partial charge in [0.1, 0.15) is 0 Å². The second-order valence-electron chi connectivity index (χ2n) is 2.08. The van der Waals surface area contributed by atoms with Crippen LogP contribution in [0.15, 0.2) is 12.7 Å².